The number of rotatable bonds is 4. The number of aromatic nitrogens is 2. The summed E-state index contributed by atoms with van der Waals surface area (Å²) in [6, 6.07) is 6.35. The molecule has 0 N–H and O–H groups in total. The van der Waals surface area contributed by atoms with Crippen molar-refractivity contribution in [3.63, 3.8) is 0 Å². The normalized spacial score (nSPS) is 13.6. The van der Waals surface area contributed by atoms with E-state index in [1.54, 1.807) is 12.1 Å². The van der Waals surface area contributed by atoms with Crippen LogP contribution in [0.2, 0.25) is 0 Å². The second kappa shape index (κ2) is 6.77. The Morgan fingerprint density at radius 1 is 1.33 bits per heavy atom. The molecule has 2 heterocycles. The quantitative estimate of drug-likeness (QED) is 0.859. The molecule has 1 aromatic carbocycles. The molecule has 0 atom stereocenters. The van der Waals surface area contributed by atoms with Gasteiger partial charge in [-0.25, -0.2) is 4.98 Å². The molecule has 0 radical (unpaired) electrons. The highest BCUT2D eigenvalue weighted by molar-refractivity contribution is 6.05. The van der Waals surface area contributed by atoms with E-state index in [9.17, 15) is 13.6 Å². The van der Waals surface area contributed by atoms with Gasteiger partial charge in [-0.15, -0.1) is 0 Å². The van der Waals surface area contributed by atoms with Gasteiger partial charge in [-0.2, -0.15) is 13.8 Å². The van der Waals surface area contributed by atoms with Crippen LogP contribution < -0.4 is 14.4 Å². The topological polar surface area (TPSA) is 64.5 Å². The average molecular weight is 335 g/mol. The fourth-order valence-electron chi connectivity index (χ4n) is 2.71. The molecule has 3 rings (SSSR count). The Morgan fingerprint density at radius 2 is 2.17 bits per heavy atom. The summed E-state index contributed by atoms with van der Waals surface area (Å²) < 4.78 is 34.6. The number of anilines is 1. The number of alkyl halides is 2. The number of hydrogen-bond donors (Lipinski definition) is 0. The van der Waals surface area contributed by atoms with Crippen LogP contribution in [0.5, 0.6) is 11.8 Å². The molecule has 0 saturated carbocycles. The molecule has 126 valence electrons. The summed E-state index contributed by atoms with van der Waals surface area (Å²) >= 11 is 0. The van der Waals surface area contributed by atoms with Crippen LogP contribution in [-0.2, 0) is 6.42 Å². The van der Waals surface area contributed by atoms with E-state index in [1.807, 2.05) is 0 Å². The van der Waals surface area contributed by atoms with Crippen LogP contribution in [0.1, 0.15) is 22.5 Å². The number of hydrogen-bond acceptors (Lipinski definition) is 5. The van der Waals surface area contributed by atoms with Crippen LogP contribution in [0.15, 0.2) is 30.5 Å². The van der Waals surface area contributed by atoms with Gasteiger partial charge in [0, 0.05) is 18.3 Å². The maximum atomic E-state index is 12.8. The Bertz CT molecular complexity index is 755. The minimum Gasteiger partial charge on any atom is -0.467 e. The second-order valence-electron chi connectivity index (χ2n) is 5.12. The molecular weight excluding hydrogens is 320 g/mol. The highest BCUT2D eigenvalue weighted by Crippen LogP contribution is 2.35. The van der Waals surface area contributed by atoms with Crippen molar-refractivity contribution in [3.05, 3.63) is 41.7 Å². The fraction of sp³-hybridized carbons (Fsp3) is 0.312. The minimum absolute atomic E-state index is 0.0906. The summed E-state index contributed by atoms with van der Waals surface area (Å²) in [5.74, 6) is -0.244. The number of fused-ring (bicyclic) bond motifs is 1. The highest BCUT2D eigenvalue weighted by Gasteiger charge is 2.27. The first kappa shape index (κ1) is 16.1. The Labute approximate surface area is 137 Å². The zero-order chi connectivity index (χ0) is 17.1. The van der Waals surface area contributed by atoms with Crippen LogP contribution >= 0.6 is 0 Å². The van der Waals surface area contributed by atoms with Gasteiger partial charge in [0.05, 0.1) is 12.8 Å². The van der Waals surface area contributed by atoms with Crippen molar-refractivity contribution >= 4 is 11.6 Å². The van der Waals surface area contributed by atoms with Crippen molar-refractivity contribution in [1.29, 1.82) is 0 Å². The summed E-state index contributed by atoms with van der Waals surface area (Å²) in [6.07, 6.45) is 2.64. The first-order valence-electron chi connectivity index (χ1n) is 7.35. The number of nitrogens with zero attached hydrogens (tertiary/aromatic N) is 3. The fourth-order valence-corrected chi connectivity index (χ4v) is 2.71. The molecule has 0 aliphatic carbocycles. The number of carbonyl (C=O) groups is 1. The Hall–Kier alpha value is -2.77. The highest BCUT2D eigenvalue weighted by atomic mass is 19.3. The van der Waals surface area contributed by atoms with Crippen molar-refractivity contribution in [1.82, 2.24) is 9.97 Å². The van der Waals surface area contributed by atoms with Gasteiger partial charge in [0.25, 0.3) is 5.91 Å². The van der Waals surface area contributed by atoms with E-state index >= 15 is 0 Å². The zero-order valence-corrected chi connectivity index (χ0v) is 12.9. The molecule has 6 nitrogen and oxygen atoms in total. The summed E-state index contributed by atoms with van der Waals surface area (Å²) in [4.78, 5) is 22.2. The molecule has 0 fully saturated rings. The van der Waals surface area contributed by atoms with Crippen LogP contribution in [0.4, 0.5) is 14.5 Å². The van der Waals surface area contributed by atoms with E-state index in [4.69, 9.17) is 4.74 Å². The molecule has 0 saturated heterocycles. The SMILES string of the molecule is COc1nccc(C(=O)N2CCCc3c(OC(F)F)cccc32)n1. The smallest absolute Gasteiger partial charge is 0.387 e. The van der Waals surface area contributed by atoms with Gasteiger partial charge in [0.2, 0.25) is 0 Å². The van der Waals surface area contributed by atoms with E-state index < -0.39 is 6.61 Å². The summed E-state index contributed by atoms with van der Waals surface area (Å²) in [6.45, 7) is -2.44. The van der Waals surface area contributed by atoms with Gasteiger partial charge in [-0.05, 0) is 31.0 Å². The largest absolute Gasteiger partial charge is 0.467 e. The number of halogens is 2. The molecule has 0 spiro atoms. The van der Waals surface area contributed by atoms with Crippen molar-refractivity contribution < 1.29 is 23.0 Å². The van der Waals surface area contributed by atoms with Crippen molar-refractivity contribution in [2.24, 2.45) is 0 Å². The third kappa shape index (κ3) is 3.12. The third-order valence-electron chi connectivity index (χ3n) is 3.70. The monoisotopic (exact) mass is 335 g/mol. The Balaban J connectivity index is 1.95. The lowest BCUT2D eigenvalue weighted by Gasteiger charge is -2.30. The van der Waals surface area contributed by atoms with Gasteiger partial charge in [-0.3, -0.25) is 4.79 Å². The van der Waals surface area contributed by atoms with Crippen LogP contribution in [0.25, 0.3) is 0 Å². The third-order valence-corrected chi connectivity index (χ3v) is 3.70. The van der Waals surface area contributed by atoms with E-state index in [2.05, 4.69) is 14.7 Å². The number of amides is 1. The lowest BCUT2D eigenvalue weighted by Crippen LogP contribution is -2.36. The first-order valence-corrected chi connectivity index (χ1v) is 7.35. The molecule has 8 heteroatoms. The van der Waals surface area contributed by atoms with Gasteiger partial charge in [0.15, 0.2) is 0 Å². The molecule has 1 amide bonds. The maximum Gasteiger partial charge on any atom is 0.387 e. The Morgan fingerprint density at radius 3 is 2.92 bits per heavy atom. The lowest BCUT2D eigenvalue weighted by molar-refractivity contribution is -0.0504. The molecule has 0 bridgehead atoms. The number of carbonyl (C=O) groups excluding carboxylic acids is 1. The van der Waals surface area contributed by atoms with E-state index in [-0.39, 0.29) is 23.4 Å². The number of methoxy groups -OCH3 is 1. The van der Waals surface area contributed by atoms with Gasteiger partial charge in [-0.1, -0.05) is 6.07 Å². The standard InChI is InChI=1S/C16H15F2N3O3/c1-23-16-19-8-7-11(20-16)14(22)21-9-3-4-10-12(21)5-2-6-13(10)24-15(17)18/h2,5-8,15H,3-4,9H2,1H3. The van der Waals surface area contributed by atoms with E-state index in [0.29, 0.717) is 30.6 Å². The minimum atomic E-state index is -2.91. The lowest BCUT2D eigenvalue weighted by atomic mass is 10.00. The molecular formula is C16H15F2N3O3. The molecule has 1 aliphatic rings. The summed E-state index contributed by atoms with van der Waals surface area (Å²) in [5.41, 5.74) is 1.33. The molecule has 1 aliphatic heterocycles. The van der Waals surface area contributed by atoms with Crippen molar-refractivity contribution in [3.8, 4) is 11.8 Å². The molecule has 1 aromatic heterocycles. The molecule has 0 unspecified atom stereocenters. The maximum absolute atomic E-state index is 12.8. The van der Waals surface area contributed by atoms with Crippen LogP contribution in [-0.4, -0.2) is 36.1 Å². The first-order chi connectivity index (χ1) is 11.6. The van der Waals surface area contributed by atoms with Crippen molar-refractivity contribution in [2.75, 3.05) is 18.6 Å². The predicted octanol–water partition coefficient (Wildman–Crippen LogP) is 2.68. The average Bonchev–Trinajstić information content (AvgIpc) is 2.60. The summed E-state index contributed by atoms with van der Waals surface area (Å²) in [5, 5.41) is 0. The molecule has 24 heavy (non-hydrogen) atoms. The summed E-state index contributed by atoms with van der Waals surface area (Å²) in [7, 11) is 1.41. The van der Waals surface area contributed by atoms with Gasteiger partial charge < -0.3 is 14.4 Å². The molecule has 2 aromatic rings. The van der Waals surface area contributed by atoms with Crippen LogP contribution in [0, 0.1) is 0 Å². The van der Waals surface area contributed by atoms with E-state index in [1.165, 1.54) is 30.3 Å². The van der Waals surface area contributed by atoms with Gasteiger partial charge in [0.1, 0.15) is 11.4 Å². The Kier molecular flexibility index (Phi) is 4.54. The number of ether oxygens (including phenoxy) is 2. The van der Waals surface area contributed by atoms with Crippen molar-refractivity contribution in [2.45, 2.75) is 19.5 Å². The van der Waals surface area contributed by atoms with Gasteiger partial charge >= 0.3 is 12.6 Å². The van der Waals surface area contributed by atoms with E-state index in [0.717, 1.165) is 0 Å². The second-order valence-corrected chi connectivity index (χ2v) is 5.12. The predicted molar refractivity (Wildman–Crippen MR) is 81.7 cm³/mol. The van der Waals surface area contributed by atoms with Crippen LogP contribution in [0.3, 0.4) is 0 Å². The number of benzene rings is 1. The zero-order valence-electron chi connectivity index (χ0n) is 12.9.